The molecule has 0 radical (unpaired) electrons. The van der Waals surface area contributed by atoms with Crippen LogP contribution in [-0.2, 0) is 12.7 Å². The molecule has 4 rings (SSSR count). The number of primary amides is 1. The van der Waals surface area contributed by atoms with E-state index < -0.39 is 35.1 Å². The maximum atomic E-state index is 14.1. The number of amides is 1. The van der Waals surface area contributed by atoms with Crippen LogP contribution in [0.4, 0.5) is 33.3 Å². The van der Waals surface area contributed by atoms with Gasteiger partial charge in [0.1, 0.15) is 11.5 Å². The van der Waals surface area contributed by atoms with Gasteiger partial charge in [0.25, 0.3) is 5.91 Å². The average Bonchev–Trinajstić information content (AvgIpc) is 3.39. The Morgan fingerprint density at radius 3 is 2.26 bits per heavy atom. The molecule has 12 heteroatoms. The summed E-state index contributed by atoms with van der Waals surface area (Å²) in [5.41, 5.74) is 4.55. The van der Waals surface area contributed by atoms with Crippen LogP contribution in [0, 0.1) is 11.6 Å². The van der Waals surface area contributed by atoms with E-state index in [1.54, 1.807) is 31.2 Å². The van der Waals surface area contributed by atoms with E-state index in [0.29, 0.717) is 11.3 Å². The number of nitrogens with zero attached hydrogens (tertiary/aromatic N) is 4. The van der Waals surface area contributed by atoms with Crippen molar-refractivity contribution in [3.63, 3.8) is 0 Å². The molecule has 1 amide bonds. The third-order valence-corrected chi connectivity index (χ3v) is 4.94. The summed E-state index contributed by atoms with van der Waals surface area (Å²) in [7, 11) is 0. The third-order valence-electron chi connectivity index (χ3n) is 4.94. The van der Waals surface area contributed by atoms with Crippen LogP contribution in [-0.4, -0.2) is 25.2 Å². The first-order valence-corrected chi connectivity index (χ1v) is 9.94. The second-order valence-corrected chi connectivity index (χ2v) is 7.21. The minimum Gasteiger partial charge on any atom is -0.364 e. The molecular formula is C22H17F5N6O. The first kappa shape index (κ1) is 23.0. The Bertz CT molecular complexity index is 1340. The van der Waals surface area contributed by atoms with E-state index in [1.807, 2.05) is 0 Å². The molecule has 0 bridgehead atoms. The number of benzene rings is 2. The zero-order valence-corrected chi connectivity index (χ0v) is 17.6. The van der Waals surface area contributed by atoms with Crippen molar-refractivity contribution >= 4 is 17.3 Å². The number of rotatable bonds is 6. The van der Waals surface area contributed by atoms with Crippen molar-refractivity contribution in [2.45, 2.75) is 19.6 Å². The van der Waals surface area contributed by atoms with E-state index in [1.165, 1.54) is 16.8 Å². The molecule has 4 aromatic rings. The first-order chi connectivity index (χ1) is 16.1. The van der Waals surface area contributed by atoms with Crippen LogP contribution in [0.1, 0.15) is 23.1 Å². The molecule has 34 heavy (non-hydrogen) atoms. The highest BCUT2D eigenvalue weighted by molar-refractivity contribution is 5.97. The summed E-state index contributed by atoms with van der Waals surface area (Å²) >= 11 is 0. The fraction of sp³-hybridized carbons (Fsp3) is 0.136. The van der Waals surface area contributed by atoms with E-state index in [-0.39, 0.29) is 23.8 Å². The highest BCUT2D eigenvalue weighted by atomic mass is 19.4. The fourth-order valence-corrected chi connectivity index (χ4v) is 3.35. The first-order valence-electron chi connectivity index (χ1n) is 9.94. The SMILES string of the molecule is CCn1cc(C(F)(F)F)nc1-c1ccc(Nc2cn(-c3c(F)cccc3F)nc2C(N)=O)cc1. The zero-order chi connectivity index (χ0) is 24.6. The lowest BCUT2D eigenvalue weighted by Crippen LogP contribution is -2.14. The van der Waals surface area contributed by atoms with Gasteiger partial charge in [-0.05, 0) is 43.3 Å². The Hall–Kier alpha value is -4.22. The number of anilines is 2. The van der Waals surface area contributed by atoms with Gasteiger partial charge in [-0.2, -0.15) is 18.3 Å². The topological polar surface area (TPSA) is 90.8 Å². The highest BCUT2D eigenvalue weighted by Gasteiger charge is 2.34. The molecular weight excluding hydrogens is 459 g/mol. The molecule has 0 atom stereocenters. The summed E-state index contributed by atoms with van der Waals surface area (Å²) in [5, 5.41) is 6.77. The van der Waals surface area contributed by atoms with Gasteiger partial charge >= 0.3 is 6.18 Å². The number of carbonyl (C=O) groups excluding carboxylic acids is 1. The quantitative estimate of drug-likeness (QED) is 0.388. The Balaban J connectivity index is 1.65. The minimum atomic E-state index is -4.57. The van der Waals surface area contributed by atoms with Crippen molar-refractivity contribution in [2.24, 2.45) is 5.73 Å². The number of aryl methyl sites for hydroxylation is 1. The summed E-state index contributed by atoms with van der Waals surface area (Å²) < 4.78 is 69.6. The molecule has 3 N–H and O–H groups in total. The van der Waals surface area contributed by atoms with Crippen LogP contribution in [0.5, 0.6) is 0 Å². The van der Waals surface area contributed by atoms with Crippen LogP contribution in [0.3, 0.4) is 0 Å². The molecule has 2 aromatic heterocycles. The molecule has 0 fully saturated rings. The van der Waals surface area contributed by atoms with Gasteiger partial charge in [0, 0.05) is 24.0 Å². The molecule has 0 aliphatic heterocycles. The van der Waals surface area contributed by atoms with Crippen LogP contribution < -0.4 is 11.1 Å². The van der Waals surface area contributed by atoms with Gasteiger partial charge in [-0.15, -0.1) is 0 Å². The number of hydrogen-bond acceptors (Lipinski definition) is 4. The predicted molar refractivity (Wildman–Crippen MR) is 114 cm³/mol. The maximum absolute atomic E-state index is 14.1. The van der Waals surface area contributed by atoms with Crippen molar-refractivity contribution in [3.8, 4) is 17.1 Å². The van der Waals surface area contributed by atoms with Crippen LogP contribution >= 0.6 is 0 Å². The summed E-state index contributed by atoms with van der Waals surface area (Å²) in [6.45, 7) is 1.98. The summed E-state index contributed by atoms with van der Waals surface area (Å²) in [5.74, 6) is -2.57. The molecule has 0 aliphatic rings. The van der Waals surface area contributed by atoms with E-state index >= 15 is 0 Å². The molecule has 2 heterocycles. The van der Waals surface area contributed by atoms with Crippen molar-refractivity contribution < 1.29 is 26.7 Å². The lowest BCUT2D eigenvalue weighted by Gasteiger charge is -2.08. The Labute approximate surface area is 189 Å². The molecule has 0 saturated heterocycles. The van der Waals surface area contributed by atoms with Crippen LogP contribution in [0.2, 0.25) is 0 Å². The molecule has 7 nitrogen and oxygen atoms in total. The molecule has 2 aromatic carbocycles. The maximum Gasteiger partial charge on any atom is 0.434 e. The average molecular weight is 476 g/mol. The minimum absolute atomic E-state index is 0.0809. The van der Waals surface area contributed by atoms with Crippen molar-refractivity contribution in [3.05, 3.63) is 77.9 Å². The van der Waals surface area contributed by atoms with Crippen LogP contribution in [0.25, 0.3) is 17.1 Å². The van der Waals surface area contributed by atoms with Gasteiger partial charge in [-0.3, -0.25) is 4.79 Å². The standard InChI is InChI=1S/C22H17F5N6O/c1-2-32-11-17(22(25,26)27)30-21(32)12-6-8-13(9-7-12)29-16-10-33(31-18(16)20(28)34)19-14(23)4-3-5-15(19)24/h3-11,29H,2H2,1H3,(H2,28,34). The molecule has 0 unspecified atom stereocenters. The molecule has 0 spiro atoms. The van der Waals surface area contributed by atoms with Gasteiger partial charge in [-0.1, -0.05) is 6.07 Å². The smallest absolute Gasteiger partial charge is 0.364 e. The number of halogens is 5. The Morgan fingerprint density at radius 1 is 1.06 bits per heavy atom. The number of hydrogen-bond donors (Lipinski definition) is 2. The van der Waals surface area contributed by atoms with E-state index in [4.69, 9.17) is 5.73 Å². The number of aromatic nitrogens is 4. The third kappa shape index (κ3) is 4.34. The summed E-state index contributed by atoms with van der Waals surface area (Å²) in [4.78, 5) is 15.5. The largest absolute Gasteiger partial charge is 0.434 e. The Kier molecular flexibility index (Phi) is 5.82. The monoisotopic (exact) mass is 476 g/mol. The second kappa shape index (κ2) is 8.61. The lowest BCUT2D eigenvalue weighted by atomic mass is 10.2. The lowest BCUT2D eigenvalue weighted by molar-refractivity contribution is -0.140. The number of nitrogens with two attached hydrogens (primary N) is 1. The summed E-state index contributed by atoms with van der Waals surface area (Å²) in [6, 6.07) is 9.45. The highest BCUT2D eigenvalue weighted by Crippen LogP contribution is 2.32. The van der Waals surface area contributed by atoms with Gasteiger partial charge in [-0.25, -0.2) is 18.4 Å². The number of imidazole rings is 1. The molecule has 0 aliphatic carbocycles. The van der Waals surface area contributed by atoms with Crippen molar-refractivity contribution in [1.29, 1.82) is 0 Å². The van der Waals surface area contributed by atoms with Gasteiger partial charge in [0.05, 0.1) is 11.9 Å². The normalized spacial score (nSPS) is 11.6. The van der Waals surface area contributed by atoms with Crippen molar-refractivity contribution in [2.75, 3.05) is 5.32 Å². The van der Waals surface area contributed by atoms with Gasteiger partial charge in [0.15, 0.2) is 23.0 Å². The predicted octanol–water partition coefficient (Wildman–Crippen LogP) is 4.90. The Morgan fingerprint density at radius 2 is 1.71 bits per heavy atom. The molecule has 0 saturated carbocycles. The zero-order valence-electron chi connectivity index (χ0n) is 17.6. The van der Waals surface area contributed by atoms with E-state index in [2.05, 4.69) is 15.4 Å². The van der Waals surface area contributed by atoms with Gasteiger partial charge in [0.2, 0.25) is 0 Å². The van der Waals surface area contributed by atoms with Crippen LogP contribution in [0.15, 0.2) is 54.9 Å². The number of alkyl halides is 3. The molecule has 176 valence electrons. The summed E-state index contributed by atoms with van der Waals surface area (Å²) in [6.07, 6.45) is -2.43. The fourth-order valence-electron chi connectivity index (χ4n) is 3.35. The van der Waals surface area contributed by atoms with Gasteiger partial charge < -0.3 is 15.6 Å². The number of carbonyl (C=O) groups is 1. The van der Waals surface area contributed by atoms with Crippen molar-refractivity contribution in [1.82, 2.24) is 19.3 Å². The number of para-hydroxylation sites is 1. The number of nitrogens with one attached hydrogen (secondary N) is 1. The van der Waals surface area contributed by atoms with E-state index in [0.717, 1.165) is 23.0 Å². The second-order valence-electron chi connectivity index (χ2n) is 7.21. The van der Waals surface area contributed by atoms with E-state index in [9.17, 15) is 26.7 Å².